The van der Waals surface area contributed by atoms with E-state index in [2.05, 4.69) is 130 Å². The van der Waals surface area contributed by atoms with Crippen molar-refractivity contribution < 1.29 is 28.6 Å². The minimum atomic E-state index is -0.836. The van der Waals surface area contributed by atoms with Gasteiger partial charge in [0.15, 0.2) is 6.10 Å². The highest BCUT2D eigenvalue weighted by atomic mass is 16.6. The Labute approximate surface area is 349 Å². The summed E-state index contributed by atoms with van der Waals surface area (Å²) in [5.74, 6) is -1.09. The lowest BCUT2D eigenvalue weighted by Crippen LogP contribution is -2.30. The van der Waals surface area contributed by atoms with Gasteiger partial charge in [0, 0.05) is 19.3 Å². The number of hydrogen-bond donors (Lipinski definition) is 0. The van der Waals surface area contributed by atoms with Crippen LogP contribution in [0.4, 0.5) is 0 Å². The van der Waals surface area contributed by atoms with Crippen LogP contribution in [0.2, 0.25) is 0 Å². The number of esters is 3. The number of carbonyl (C=O) groups excluding carboxylic acids is 3. The Kier molecular flexibility index (Phi) is 41.7. The molecule has 0 saturated carbocycles. The Balaban J connectivity index is 4.57. The molecule has 6 nitrogen and oxygen atoms in total. The van der Waals surface area contributed by atoms with Gasteiger partial charge in [-0.3, -0.25) is 14.4 Å². The van der Waals surface area contributed by atoms with Gasteiger partial charge in [0.1, 0.15) is 13.2 Å². The van der Waals surface area contributed by atoms with E-state index >= 15 is 0 Å². The smallest absolute Gasteiger partial charge is 0.306 e. The van der Waals surface area contributed by atoms with Gasteiger partial charge in [-0.25, -0.2) is 0 Å². The van der Waals surface area contributed by atoms with Crippen LogP contribution in [-0.4, -0.2) is 37.2 Å². The molecule has 0 aromatic heterocycles. The molecule has 0 aliphatic rings. The van der Waals surface area contributed by atoms with Gasteiger partial charge in [0.2, 0.25) is 0 Å². The van der Waals surface area contributed by atoms with Crippen molar-refractivity contribution in [3.05, 3.63) is 109 Å². The van der Waals surface area contributed by atoms with Crippen LogP contribution in [-0.2, 0) is 28.6 Å². The van der Waals surface area contributed by atoms with Crippen molar-refractivity contribution in [2.75, 3.05) is 13.2 Å². The van der Waals surface area contributed by atoms with Crippen LogP contribution in [0.25, 0.3) is 0 Å². The minimum absolute atomic E-state index is 0.132. The summed E-state index contributed by atoms with van der Waals surface area (Å²) in [5, 5.41) is 0. The van der Waals surface area contributed by atoms with E-state index in [4.69, 9.17) is 14.2 Å². The second kappa shape index (κ2) is 44.8. The molecule has 0 bridgehead atoms. The van der Waals surface area contributed by atoms with Gasteiger partial charge in [0.25, 0.3) is 0 Å². The molecule has 0 aliphatic heterocycles. The molecule has 0 rings (SSSR count). The Morgan fingerprint density at radius 1 is 0.386 bits per heavy atom. The van der Waals surface area contributed by atoms with Crippen LogP contribution < -0.4 is 0 Å². The number of carbonyl (C=O) groups is 3. The minimum Gasteiger partial charge on any atom is -0.462 e. The quantitative estimate of drug-likeness (QED) is 0.0204. The molecule has 0 fully saturated rings. The van der Waals surface area contributed by atoms with Crippen LogP contribution >= 0.6 is 0 Å². The fourth-order valence-electron chi connectivity index (χ4n) is 5.37. The first kappa shape index (κ1) is 53.1. The van der Waals surface area contributed by atoms with Gasteiger partial charge in [-0.05, 0) is 103 Å². The lowest BCUT2D eigenvalue weighted by molar-refractivity contribution is -0.167. The van der Waals surface area contributed by atoms with Crippen molar-refractivity contribution in [1.82, 2.24) is 0 Å². The van der Waals surface area contributed by atoms with E-state index in [0.29, 0.717) is 19.3 Å². The average molecular weight is 789 g/mol. The molecule has 0 aromatic carbocycles. The standard InChI is InChI=1S/C51H80O6/c1-4-7-10-13-16-19-22-23-24-25-26-27-30-32-35-38-41-44-50(53)56-47-48(57-51(54)45-42-39-36-33-29-21-18-15-12-9-6-3)46-55-49(52)43-40-37-34-31-28-20-17-14-11-8-5-2/h9,12,14,16-21,23-24,26-28,32-33,35-36,48H,4-8,10-11,13,15,22,25,29-31,34,37-47H2,1-3H3/b12-9-,17-14-,19-16-,21-18-,24-23-,27-26-,28-20-,35-32-,36-33-. The van der Waals surface area contributed by atoms with Gasteiger partial charge in [0.05, 0.1) is 0 Å². The maximum Gasteiger partial charge on any atom is 0.306 e. The van der Waals surface area contributed by atoms with Gasteiger partial charge in [-0.15, -0.1) is 0 Å². The molecule has 0 heterocycles. The summed E-state index contributed by atoms with van der Waals surface area (Å²) in [4.78, 5) is 37.6. The van der Waals surface area contributed by atoms with Crippen LogP contribution in [0, 0.1) is 0 Å². The zero-order chi connectivity index (χ0) is 41.5. The maximum atomic E-state index is 12.7. The van der Waals surface area contributed by atoms with E-state index < -0.39 is 12.1 Å². The zero-order valence-electron chi connectivity index (χ0n) is 36.3. The number of ether oxygens (including phenoxy) is 3. The van der Waals surface area contributed by atoms with Crippen molar-refractivity contribution in [2.24, 2.45) is 0 Å². The normalized spacial score (nSPS) is 13.1. The lowest BCUT2D eigenvalue weighted by Gasteiger charge is -2.18. The topological polar surface area (TPSA) is 78.9 Å². The maximum absolute atomic E-state index is 12.7. The van der Waals surface area contributed by atoms with E-state index in [0.717, 1.165) is 83.5 Å². The SMILES string of the molecule is CC/C=C\C/C=C\C/C=C\CCCC(=O)OC(COC(=O)CCC/C=C\C/C=C\C/C=C\C/C=C\CCCCC)COC(=O)CCCCC/C=C\C=C/CCCC. The Morgan fingerprint density at radius 2 is 0.772 bits per heavy atom. The summed E-state index contributed by atoms with van der Waals surface area (Å²) in [6.45, 7) is 6.28. The van der Waals surface area contributed by atoms with E-state index in [-0.39, 0.29) is 38.0 Å². The highest BCUT2D eigenvalue weighted by molar-refractivity contribution is 5.71. The molecule has 320 valence electrons. The first-order valence-electron chi connectivity index (χ1n) is 22.4. The van der Waals surface area contributed by atoms with Crippen LogP contribution in [0.1, 0.15) is 175 Å². The highest BCUT2D eigenvalue weighted by Gasteiger charge is 2.19. The highest BCUT2D eigenvalue weighted by Crippen LogP contribution is 2.09. The first-order chi connectivity index (χ1) is 28.0. The molecular formula is C51H80O6. The molecule has 6 heteroatoms. The molecule has 57 heavy (non-hydrogen) atoms. The average Bonchev–Trinajstić information content (AvgIpc) is 3.21. The fraction of sp³-hybridized carbons (Fsp3) is 0.588. The molecule has 0 aromatic rings. The fourth-order valence-corrected chi connectivity index (χ4v) is 5.37. The molecule has 0 spiro atoms. The second-order valence-corrected chi connectivity index (χ2v) is 14.2. The third-order valence-electron chi connectivity index (χ3n) is 8.76. The zero-order valence-corrected chi connectivity index (χ0v) is 36.3. The van der Waals surface area contributed by atoms with Crippen molar-refractivity contribution >= 4 is 17.9 Å². The molecule has 0 amide bonds. The van der Waals surface area contributed by atoms with E-state index in [1.807, 2.05) is 0 Å². The molecule has 1 atom stereocenters. The van der Waals surface area contributed by atoms with Crippen LogP contribution in [0.5, 0.6) is 0 Å². The van der Waals surface area contributed by atoms with Gasteiger partial charge in [-0.2, -0.15) is 0 Å². The summed E-state index contributed by atoms with van der Waals surface area (Å²) in [6, 6.07) is 0. The summed E-state index contributed by atoms with van der Waals surface area (Å²) in [6.07, 6.45) is 59.5. The largest absolute Gasteiger partial charge is 0.462 e. The third-order valence-corrected chi connectivity index (χ3v) is 8.76. The third kappa shape index (κ3) is 43.0. The lowest BCUT2D eigenvalue weighted by atomic mass is 10.1. The van der Waals surface area contributed by atoms with Crippen LogP contribution in [0.15, 0.2) is 109 Å². The van der Waals surface area contributed by atoms with Crippen LogP contribution in [0.3, 0.4) is 0 Å². The number of unbranched alkanes of at least 4 members (excludes halogenated alkanes) is 10. The predicted molar refractivity (Wildman–Crippen MR) is 242 cm³/mol. The Bertz CT molecular complexity index is 1230. The molecule has 0 aliphatic carbocycles. The predicted octanol–water partition coefficient (Wildman–Crippen LogP) is 14.4. The molecule has 1 unspecified atom stereocenters. The van der Waals surface area contributed by atoms with Crippen molar-refractivity contribution in [3.8, 4) is 0 Å². The van der Waals surface area contributed by atoms with E-state index in [1.54, 1.807) is 0 Å². The van der Waals surface area contributed by atoms with E-state index in [9.17, 15) is 14.4 Å². The Hall–Kier alpha value is -3.93. The summed E-state index contributed by atoms with van der Waals surface area (Å²) >= 11 is 0. The monoisotopic (exact) mass is 789 g/mol. The second-order valence-electron chi connectivity index (χ2n) is 14.2. The number of rotatable bonds is 38. The van der Waals surface area contributed by atoms with Gasteiger partial charge < -0.3 is 14.2 Å². The summed E-state index contributed by atoms with van der Waals surface area (Å²) < 4.78 is 16.5. The van der Waals surface area contributed by atoms with Gasteiger partial charge >= 0.3 is 17.9 Å². The first-order valence-corrected chi connectivity index (χ1v) is 22.4. The summed E-state index contributed by atoms with van der Waals surface area (Å²) in [7, 11) is 0. The Morgan fingerprint density at radius 3 is 1.26 bits per heavy atom. The van der Waals surface area contributed by atoms with Crippen molar-refractivity contribution in [2.45, 2.75) is 181 Å². The van der Waals surface area contributed by atoms with Crippen molar-refractivity contribution in [1.29, 1.82) is 0 Å². The molecular weight excluding hydrogens is 709 g/mol. The van der Waals surface area contributed by atoms with Gasteiger partial charge in [-0.1, -0.05) is 162 Å². The summed E-state index contributed by atoms with van der Waals surface area (Å²) in [5.41, 5.74) is 0. The van der Waals surface area contributed by atoms with Crippen molar-refractivity contribution in [3.63, 3.8) is 0 Å². The van der Waals surface area contributed by atoms with E-state index in [1.165, 1.54) is 38.5 Å². The molecule has 0 radical (unpaired) electrons. The number of hydrogen-bond acceptors (Lipinski definition) is 6. The molecule has 0 N–H and O–H groups in total. The molecule has 0 saturated heterocycles. The number of allylic oxidation sites excluding steroid dienone is 18.